The second kappa shape index (κ2) is 6.54. The van der Waals surface area contributed by atoms with Crippen LogP contribution in [0.4, 0.5) is 5.69 Å². The van der Waals surface area contributed by atoms with Crippen molar-refractivity contribution in [3.05, 3.63) is 53.6 Å². The number of H-pyrrole nitrogens is 1. The van der Waals surface area contributed by atoms with Crippen LogP contribution < -0.4 is 4.90 Å². The Labute approximate surface area is 156 Å². The van der Waals surface area contributed by atoms with Crippen LogP contribution in [0.2, 0.25) is 0 Å². The smallest absolute Gasteiger partial charge is 0.197 e. The number of nitrogens with zero attached hydrogens (tertiary/aromatic N) is 2. The van der Waals surface area contributed by atoms with Crippen molar-refractivity contribution in [2.24, 2.45) is 5.92 Å². The molecule has 1 saturated carbocycles. The predicted molar refractivity (Wildman–Crippen MR) is 106 cm³/mol. The maximum Gasteiger partial charge on any atom is 0.197 e. The number of aromatic nitrogens is 2. The topological polar surface area (TPSA) is 49.0 Å². The highest BCUT2D eigenvalue weighted by molar-refractivity contribution is 7.84. The van der Waals surface area contributed by atoms with Gasteiger partial charge < -0.3 is 9.88 Å². The third-order valence-electron chi connectivity index (χ3n) is 5.44. The molecule has 1 aliphatic carbocycles. The van der Waals surface area contributed by atoms with E-state index in [-0.39, 0.29) is 0 Å². The molecule has 0 bridgehead atoms. The molecule has 2 aromatic carbocycles. The van der Waals surface area contributed by atoms with Crippen LogP contribution in [0.1, 0.15) is 30.4 Å². The molecule has 26 heavy (non-hydrogen) atoms. The number of imidazole rings is 1. The van der Waals surface area contributed by atoms with Crippen molar-refractivity contribution in [2.45, 2.75) is 36.6 Å². The zero-order chi connectivity index (χ0) is 17.5. The van der Waals surface area contributed by atoms with Crippen molar-refractivity contribution < 1.29 is 4.21 Å². The Balaban J connectivity index is 1.45. The van der Waals surface area contributed by atoms with E-state index in [2.05, 4.69) is 33.1 Å². The molecule has 5 heteroatoms. The zero-order valence-electron chi connectivity index (χ0n) is 14.8. The highest BCUT2D eigenvalue weighted by atomic mass is 32.2. The Kier molecular flexibility index (Phi) is 4.04. The van der Waals surface area contributed by atoms with Gasteiger partial charge in [-0.25, -0.2) is 4.98 Å². The van der Waals surface area contributed by atoms with Crippen molar-refractivity contribution in [3.8, 4) is 0 Å². The molecule has 1 fully saturated rings. The summed E-state index contributed by atoms with van der Waals surface area (Å²) >= 11 is 0. The maximum absolute atomic E-state index is 13.0. The summed E-state index contributed by atoms with van der Waals surface area (Å²) in [5, 5.41) is 0.577. The Bertz CT molecular complexity index is 943. The van der Waals surface area contributed by atoms with Crippen molar-refractivity contribution in [2.75, 3.05) is 18.0 Å². The van der Waals surface area contributed by atoms with Gasteiger partial charge in [0.1, 0.15) is 0 Å². The van der Waals surface area contributed by atoms with E-state index in [1.807, 2.05) is 24.3 Å². The van der Waals surface area contributed by atoms with E-state index in [0.717, 1.165) is 36.5 Å². The first-order valence-electron chi connectivity index (χ1n) is 9.47. The van der Waals surface area contributed by atoms with Crippen LogP contribution in [-0.4, -0.2) is 27.3 Å². The van der Waals surface area contributed by atoms with Crippen LogP contribution in [0.15, 0.2) is 47.6 Å². The minimum absolute atomic E-state index is 0.518. The molecule has 0 amide bonds. The lowest BCUT2D eigenvalue weighted by Crippen LogP contribution is -2.32. The molecule has 1 N–H and O–H groups in total. The fraction of sp³-hybridized carbons (Fsp3) is 0.381. The van der Waals surface area contributed by atoms with Gasteiger partial charge >= 0.3 is 0 Å². The van der Waals surface area contributed by atoms with Gasteiger partial charge in [0, 0.05) is 18.8 Å². The Hall–Kier alpha value is -2.14. The molecule has 1 atom stereocenters. The Morgan fingerprint density at radius 2 is 2.04 bits per heavy atom. The molecule has 1 aliphatic heterocycles. The second-order valence-electron chi connectivity index (χ2n) is 7.47. The zero-order valence-corrected chi connectivity index (χ0v) is 15.6. The van der Waals surface area contributed by atoms with Crippen molar-refractivity contribution in [1.82, 2.24) is 9.97 Å². The quantitative estimate of drug-likeness (QED) is 0.742. The van der Waals surface area contributed by atoms with E-state index in [1.165, 1.54) is 36.1 Å². The summed E-state index contributed by atoms with van der Waals surface area (Å²) in [5.74, 6) is 1.37. The molecule has 1 aromatic heterocycles. The third kappa shape index (κ3) is 3.05. The van der Waals surface area contributed by atoms with Crippen LogP contribution in [0.3, 0.4) is 0 Å². The fourth-order valence-electron chi connectivity index (χ4n) is 3.98. The van der Waals surface area contributed by atoms with Gasteiger partial charge in [-0.2, -0.15) is 0 Å². The average molecular weight is 366 g/mol. The predicted octanol–water partition coefficient (Wildman–Crippen LogP) is 4.03. The summed E-state index contributed by atoms with van der Waals surface area (Å²) < 4.78 is 13.0. The maximum atomic E-state index is 13.0. The summed E-state index contributed by atoms with van der Waals surface area (Å²) in [6.45, 7) is 2.28. The molecular formula is C21H23N3OS. The van der Waals surface area contributed by atoms with Crippen LogP contribution in [0.5, 0.6) is 0 Å². The van der Waals surface area contributed by atoms with Gasteiger partial charge in [-0.3, -0.25) is 4.21 Å². The van der Waals surface area contributed by atoms with Gasteiger partial charge in [-0.1, -0.05) is 30.3 Å². The number of hydrogen-bond acceptors (Lipinski definition) is 3. The monoisotopic (exact) mass is 365 g/mol. The summed E-state index contributed by atoms with van der Waals surface area (Å²) in [6, 6.07) is 14.4. The van der Waals surface area contributed by atoms with E-state index >= 15 is 0 Å². The van der Waals surface area contributed by atoms with Gasteiger partial charge in [-0.05, 0) is 54.9 Å². The summed E-state index contributed by atoms with van der Waals surface area (Å²) in [7, 11) is -1.17. The van der Waals surface area contributed by atoms with Crippen molar-refractivity contribution in [3.63, 3.8) is 0 Å². The summed E-state index contributed by atoms with van der Waals surface area (Å²) in [6.07, 6.45) is 5.06. The third-order valence-corrected chi connectivity index (χ3v) is 6.64. The number of aryl methyl sites for hydroxylation is 1. The van der Waals surface area contributed by atoms with Crippen molar-refractivity contribution in [1.29, 1.82) is 0 Å². The van der Waals surface area contributed by atoms with Gasteiger partial charge in [0.25, 0.3) is 0 Å². The molecule has 2 heterocycles. The van der Waals surface area contributed by atoms with Crippen LogP contribution in [0, 0.1) is 5.92 Å². The number of nitrogens with one attached hydrogen (secondary N) is 1. The van der Waals surface area contributed by atoms with Gasteiger partial charge in [0.2, 0.25) is 0 Å². The fourth-order valence-corrected chi connectivity index (χ4v) is 5.06. The molecule has 1 unspecified atom stereocenters. The SMILES string of the molecule is O=S(Cc1cccc2c1N(CC1CC1)CCC2)c1nc2ccccc2[nH]1. The van der Waals surface area contributed by atoms with Crippen LogP contribution in [-0.2, 0) is 23.0 Å². The van der Waals surface area contributed by atoms with E-state index in [4.69, 9.17) is 0 Å². The first-order chi connectivity index (χ1) is 12.8. The number of fused-ring (bicyclic) bond motifs is 2. The molecule has 134 valence electrons. The molecular weight excluding hydrogens is 342 g/mol. The largest absolute Gasteiger partial charge is 0.371 e. The standard InChI is InChI=1S/C21H23N3OS/c25-26(21-22-18-8-1-2-9-19(18)23-21)14-17-6-3-5-16-7-4-12-24(20(16)17)13-15-10-11-15/h1-3,5-6,8-9,15H,4,7,10-14H2,(H,22,23). The Morgan fingerprint density at radius 3 is 2.88 bits per heavy atom. The average Bonchev–Trinajstić information content (AvgIpc) is 3.36. The minimum Gasteiger partial charge on any atom is -0.371 e. The minimum atomic E-state index is -1.17. The molecule has 5 rings (SSSR count). The molecule has 0 saturated heterocycles. The van der Waals surface area contributed by atoms with Crippen LogP contribution in [0.25, 0.3) is 11.0 Å². The van der Waals surface area contributed by atoms with Gasteiger partial charge in [0.05, 0.1) is 27.6 Å². The number of aromatic amines is 1. The normalized spacial score (nSPS) is 18.1. The molecule has 0 radical (unpaired) electrons. The number of anilines is 1. The van der Waals surface area contributed by atoms with E-state index in [0.29, 0.717) is 10.9 Å². The first kappa shape index (κ1) is 16.1. The second-order valence-corrected chi connectivity index (χ2v) is 8.83. The number of rotatable bonds is 5. The summed E-state index contributed by atoms with van der Waals surface area (Å²) in [5.41, 5.74) is 5.77. The van der Waals surface area contributed by atoms with E-state index < -0.39 is 10.8 Å². The lowest BCUT2D eigenvalue weighted by molar-refractivity contribution is 0.654. The highest BCUT2D eigenvalue weighted by Gasteiger charge is 2.28. The Morgan fingerprint density at radius 1 is 1.15 bits per heavy atom. The first-order valence-corrected chi connectivity index (χ1v) is 10.8. The molecule has 3 aromatic rings. The van der Waals surface area contributed by atoms with Gasteiger partial charge in [-0.15, -0.1) is 0 Å². The lowest BCUT2D eigenvalue weighted by Gasteiger charge is -2.33. The van der Waals surface area contributed by atoms with E-state index in [1.54, 1.807) is 0 Å². The number of benzene rings is 2. The van der Waals surface area contributed by atoms with Crippen molar-refractivity contribution >= 4 is 27.5 Å². The molecule has 0 spiro atoms. The van der Waals surface area contributed by atoms with Gasteiger partial charge in [0.15, 0.2) is 5.16 Å². The van der Waals surface area contributed by atoms with E-state index in [9.17, 15) is 4.21 Å². The lowest BCUT2D eigenvalue weighted by atomic mass is 9.98. The highest BCUT2D eigenvalue weighted by Crippen LogP contribution is 2.37. The molecule has 4 nitrogen and oxygen atoms in total. The molecule has 2 aliphatic rings. The number of hydrogen-bond donors (Lipinski definition) is 1. The number of para-hydroxylation sites is 3. The summed E-state index contributed by atoms with van der Waals surface area (Å²) in [4.78, 5) is 10.3. The van der Waals surface area contributed by atoms with Crippen LogP contribution >= 0.6 is 0 Å².